The number of thiophene rings is 1. The van der Waals surface area contributed by atoms with Gasteiger partial charge >= 0.3 is 5.97 Å². The Morgan fingerprint density at radius 3 is 2.91 bits per heavy atom. The van der Waals surface area contributed by atoms with E-state index in [1.807, 2.05) is 23.6 Å². The minimum Gasteiger partial charge on any atom is -0.452 e. The molecule has 0 spiro atoms. The van der Waals surface area contributed by atoms with Gasteiger partial charge in [-0.25, -0.2) is 4.79 Å². The number of ether oxygens (including phenoxy) is 1. The third kappa shape index (κ3) is 4.89. The Morgan fingerprint density at radius 2 is 2.18 bits per heavy atom. The van der Waals surface area contributed by atoms with Gasteiger partial charge in [0, 0.05) is 16.6 Å². The summed E-state index contributed by atoms with van der Waals surface area (Å²) in [5, 5.41) is 13.2. The molecule has 110 valence electrons. The standard InChI is InChI=1S/C16H12N2O3S/c17-10-12-3-1-4-13(9-12)18-15(19)11-21-16(20)7-6-14-5-2-8-22-14/h1-9H,11H2,(H,18,19). The van der Waals surface area contributed by atoms with Gasteiger partial charge in [-0.15, -0.1) is 11.3 Å². The Balaban J connectivity index is 1.80. The number of carbonyl (C=O) groups is 2. The Labute approximate surface area is 131 Å². The predicted octanol–water partition coefficient (Wildman–Crippen LogP) is 2.81. The van der Waals surface area contributed by atoms with E-state index in [1.54, 1.807) is 24.3 Å². The van der Waals surface area contributed by atoms with Crippen LogP contribution >= 0.6 is 11.3 Å². The molecule has 0 saturated carbocycles. The summed E-state index contributed by atoms with van der Waals surface area (Å²) in [6.45, 7) is -0.385. The molecule has 1 amide bonds. The third-order valence-corrected chi connectivity index (χ3v) is 3.39. The second kappa shape index (κ2) is 7.76. The minimum atomic E-state index is -0.589. The summed E-state index contributed by atoms with van der Waals surface area (Å²) in [7, 11) is 0. The summed E-state index contributed by atoms with van der Waals surface area (Å²) >= 11 is 1.49. The molecule has 0 aliphatic rings. The molecule has 1 heterocycles. The highest BCUT2D eigenvalue weighted by molar-refractivity contribution is 7.10. The van der Waals surface area contributed by atoms with Crippen molar-refractivity contribution in [3.8, 4) is 6.07 Å². The van der Waals surface area contributed by atoms with Crippen molar-refractivity contribution < 1.29 is 14.3 Å². The number of hydrogen-bond donors (Lipinski definition) is 1. The van der Waals surface area contributed by atoms with Crippen LogP contribution in [0.5, 0.6) is 0 Å². The molecule has 1 aromatic heterocycles. The molecule has 0 atom stereocenters. The summed E-state index contributed by atoms with van der Waals surface area (Å²) in [4.78, 5) is 24.0. The smallest absolute Gasteiger partial charge is 0.331 e. The first kappa shape index (κ1) is 15.5. The van der Waals surface area contributed by atoms with E-state index in [0.29, 0.717) is 11.3 Å². The van der Waals surface area contributed by atoms with Crippen LogP contribution in [0.1, 0.15) is 10.4 Å². The van der Waals surface area contributed by atoms with Crippen molar-refractivity contribution >= 4 is 35.0 Å². The zero-order valence-electron chi connectivity index (χ0n) is 11.5. The van der Waals surface area contributed by atoms with Crippen molar-refractivity contribution in [2.45, 2.75) is 0 Å². The highest BCUT2D eigenvalue weighted by Crippen LogP contribution is 2.11. The fraction of sp³-hybridized carbons (Fsp3) is 0.0625. The molecule has 0 aliphatic heterocycles. The Kier molecular flexibility index (Phi) is 5.46. The van der Waals surface area contributed by atoms with E-state index in [4.69, 9.17) is 10.00 Å². The molecule has 2 aromatic rings. The lowest BCUT2D eigenvalue weighted by molar-refractivity contribution is -0.142. The van der Waals surface area contributed by atoms with E-state index in [-0.39, 0.29) is 6.61 Å². The molecule has 0 saturated heterocycles. The molecule has 5 nitrogen and oxygen atoms in total. The Morgan fingerprint density at radius 1 is 1.32 bits per heavy atom. The predicted molar refractivity (Wildman–Crippen MR) is 84.1 cm³/mol. The maximum atomic E-state index is 11.7. The van der Waals surface area contributed by atoms with Crippen LogP contribution in [0.4, 0.5) is 5.69 Å². The monoisotopic (exact) mass is 312 g/mol. The number of nitriles is 1. The fourth-order valence-corrected chi connectivity index (χ4v) is 2.20. The number of nitrogens with one attached hydrogen (secondary N) is 1. The van der Waals surface area contributed by atoms with Gasteiger partial charge in [0.15, 0.2) is 6.61 Å². The van der Waals surface area contributed by atoms with Crippen molar-refractivity contribution in [1.82, 2.24) is 0 Å². The van der Waals surface area contributed by atoms with Gasteiger partial charge in [0.25, 0.3) is 5.91 Å². The molecular weight excluding hydrogens is 300 g/mol. The van der Waals surface area contributed by atoms with E-state index in [9.17, 15) is 9.59 Å². The summed E-state index contributed by atoms with van der Waals surface area (Å²) in [6, 6.07) is 12.2. The number of esters is 1. The van der Waals surface area contributed by atoms with Gasteiger partial charge in [0.2, 0.25) is 0 Å². The fourth-order valence-electron chi connectivity index (χ4n) is 1.58. The quantitative estimate of drug-likeness (QED) is 0.680. The molecule has 0 unspecified atom stereocenters. The van der Waals surface area contributed by atoms with Crippen LogP contribution in [0.3, 0.4) is 0 Å². The molecular formula is C16H12N2O3S. The summed E-state index contributed by atoms with van der Waals surface area (Å²) in [6.07, 6.45) is 2.90. The van der Waals surface area contributed by atoms with Gasteiger partial charge in [0.1, 0.15) is 0 Å². The van der Waals surface area contributed by atoms with Crippen molar-refractivity contribution in [2.75, 3.05) is 11.9 Å². The molecule has 0 radical (unpaired) electrons. The van der Waals surface area contributed by atoms with E-state index in [2.05, 4.69) is 5.32 Å². The first-order valence-electron chi connectivity index (χ1n) is 6.36. The normalized spacial score (nSPS) is 10.1. The summed E-state index contributed by atoms with van der Waals surface area (Å²) in [5.41, 5.74) is 0.919. The number of nitrogens with zero attached hydrogens (tertiary/aromatic N) is 1. The van der Waals surface area contributed by atoms with Crippen LogP contribution in [0.2, 0.25) is 0 Å². The number of carbonyl (C=O) groups excluding carboxylic acids is 2. The Hall–Kier alpha value is -2.91. The number of benzene rings is 1. The Bertz CT molecular complexity index is 730. The SMILES string of the molecule is N#Cc1cccc(NC(=O)COC(=O)C=Cc2cccs2)c1. The largest absolute Gasteiger partial charge is 0.452 e. The second-order valence-corrected chi connectivity index (χ2v) is 5.18. The molecule has 1 aromatic carbocycles. The minimum absolute atomic E-state index is 0.385. The van der Waals surface area contributed by atoms with Crippen molar-refractivity contribution in [3.05, 3.63) is 58.3 Å². The molecule has 2 rings (SSSR count). The molecule has 6 heteroatoms. The van der Waals surface area contributed by atoms with Gasteiger partial charge in [0.05, 0.1) is 11.6 Å². The lowest BCUT2D eigenvalue weighted by atomic mass is 10.2. The average molecular weight is 312 g/mol. The average Bonchev–Trinajstić information content (AvgIpc) is 3.04. The first-order valence-corrected chi connectivity index (χ1v) is 7.24. The zero-order valence-corrected chi connectivity index (χ0v) is 12.3. The van der Waals surface area contributed by atoms with E-state index in [1.165, 1.54) is 23.5 Å². The lowest BCUT2D eigenvalue weighted by Crippen LogP contribution is -2.20. The van der Waals surface area contributed by atoms with Crippen LogP contribution in [0, 0.1) is 11.3 Å². The highest BCUT2D eigenvalue weighted by Gasteiger charge is 2.06. The number of anilines is 1. The van der Waals surface area contributed by atoms with Gasteiger partial charge in [-0.2, -0.15) is 5.26 Å². The van der Waals surface area contributed by atoms with E-state index < -0.39 is 11.9 Å². The summed E-state index contributed by atoms with van der Waals surface area (Å²) < 4.78 is 4.83. The first-order chi connectivity index (χ1) is 10.7. The lowest BCUT2D eigenvalue weighted by Gasteiger charge is -2.05. The maximum absolute atomic E-state index is 11.7. The third-order valence-electron chi connectivity index (χ3n) is 2.55. The van der Waals surface area contributed by atoms with Gasteiger partial charge < -0.3 is 10.1 Å². The summed E-state index contributed by atoms with van der Waals surface area (Å²) in [5.74, 6) is -1.05. The maximum Gasteiger partial charge on any atom is 0.331 e. The number of amides is 1. The second-order valence-electron chi connectivity index (χ2n) is 4.20. The van der Waals surface area contributed by atoms with Crippen molar-refractivity contribution in [2.24, 2.45) is 0 Å². The topological polar surface area (TPSA) is 79.2 Å². The van der Waals surface area contributed by atoms with Gasteiger partial charge in [-0.05, 0) is 35.7 Å². The number of hydrogen-bond acceptors (Lipinski definition) is 5. The molecule has 0 aliphatic carbocycles. The van der Waals surface area contributed by atoms with Crippen LogP contribution in [0.25, 0.3) is 6.08 Å². The van der Waals surface area contributed by atoms with Crippen LogP contribution in [-0.2, 0) is 14.3 Å². The molecule has 0 fully saturated rings. The number of rotatable bonds is 5. The van der Waals surface area contributed by atoms with Crippen molar-refractivity contribution in [3.63, 3.8) is 0 Å². The van der Waals surface area contributed by atoms with E-state index >= 15 is 0 Å². The van der Waals surface area contributed by atoms with Gasteiger partial charge in [-0.1, -0.05) is 12.1 Å². The van der Waals surface area contributed by atoms with Gasteiger partial charge in [-0.3, -0.25) is 4.79 Å². The zero-order chi connectivity index (χ0) is 15.8. The highest BCUT2D eigenvalue weighted by atomic mass is 32.1. The van der Waals surface area contributed by atoms with E-state index in [0.717, 1.165) is 4.88 Å². The molecule has 22 heavy (non-hydrogen) atoms. The van der Waals surface area contributed by atoms with Crippen LogP contribution in [0.15, 0.2) is 47.9 Å². The van der Waals surface area contributed by atoms with Crippen LogP contribution < -0.4 is 5.32 Å². The molecule has 1 N–H and O–H groups in total. The molecule has 0 bridgehead atoms. The van der Waals surface area contributed by atoms with Crippen molar-refractivity contribution in [1.29, 1.82) is 5.26 Å². The van der Waals surface area contributed by atoms with Crippen LogP contribution in [-0.4, -0.2) is 18.5 Å².